The van der Waals surface area contributed by atoms with E-state index in [9.17, 15) is 4.79 Å². The second kappa shape index (κ2) is 7.62. The van der Waals surface area contributed by atoms with Gasteiger partial charge in [-0.15, -0.1) is 11.3 Å². The van der Waals surface area contributed by atoms with Crippen molar-refractivity contribution in [1.29, 1.82) is 0 Å². The Bertz CT molecular complexity index is 848. The maximum Gasteiger partial charge on any atom is 0.257 e. The van der Waals surface area contributed by atoms with E-state index < -0.39 is 0 Å². The summed E-state index contributed by atoms with van der Waals surface area (Å²) in [6, 6.07) is 16.2. The molecule has 3 nitrogen and oxygen atoms in total. The smallest absolute Gasteiger partial charge is 0.257 e. The van der Waals surface area contributed by atoms with E-state index in [0.717, 1.165) is 16.9 Å². The summed E-state index contributed by atoms with van der Waals surface area (Å²) in [5.74, 6) is 0.420. The van der Waals surface area contributed by atoms with Gasteiger partial charge in [-0.3, -0.25) is 10.1 Å². The Morgan fingerprint density at radius 3 is 2.40 bits per heavy atom. The van der Waals surface area contributed by atoms with Crippen LogP contribution in [-0.4, -0.2) is 10.9 Å². The molecule has 0 spiro atoms. The summed E-state index contributed by atoms with van der Waals surface area (Å²) in [6.45, 7) is 6.39. The monoisotopic (exact) mass is 350 g/mol. The number of hydrogen-bond donors (Lipinski definition) is 1. The van der Waals surface area contributed by atoms with Crippen LogP contribution in [0.25, 0.3) is 0 Å². The molecule has 1 aromatic heterocycles. The van der Waals surface area contributed by atoms with Crippen molar-refractivity contribution in [1.82, 2.24) is 4.98 Å². The van der Waals surface area contributed by atoms with E-state index in [2.05, 4.69) is 48.4 Å². The van der Waals surface area contributed by atoms with Gasteiger partial charge in [0, 0.05) is 23.1 Å². The molecule has 0 aliphatic heterocycles. The number of carbonyl (C=O) groups is 1. The Hall–Kier alpha value is -2.46. The molecule has 0 unspecified atom stereocenters. The van der Waals surface area contributed by atoms with E-state index in [-0.39, 0.29) is 5.91 Å². The zero-order valence-corrected chi connectivity index (χ0v) is 15.6. The molecule has 128 valence electrons. The third kappa shape index (κ3) is 4.54. The third-order valence-corrected chi connectivity index (χ3v) is 5.03. The van der Waals surface area contributed by atoms with E-state index >= 15 is 0 Å². The van der Waals surface area contributed by atoms with Crippen molar-refractivity contribution in [2.45, 2.75) is 33.1 Å². The maximum atomic E-state index is 12.2. The first-order valence-corrected chi connectivity index (χ1v) is 9.24. The second-order valence-corrected chi connectivity index (χ2v) is 7.64. The molecule has 3 rings (SSSR count). The standard InChI is InChI=1S/C21H22N2OS/c1-14(2)17-10-6-16(7-11-17)12-19-13-22-21(25-19)23-20(24)18-8-4-15(3)5-9-18/h4-11,13-14H,12H2,1-3H3,(H,22,23,24). The first-order chi connectivity index (χ1) is 12.0. The number of rotatable bonds is 5. The Labute approximate surface area is 152 Å². The lowest BCUT2D eigenvalue weighted by atomic mass is 10.0. The Kier molecular flexibility index (Phi) is 5.29. The number of nitrogens with zero attached hydrogens (tertiary/aromatic N) is 1. The van der Waals surface area contributed by atoms with E-state index in [1.165, 1.54) is 22.5 Å². The van der Waals surface area contributed by atoms with Crippen molar-refractivity contribution >= 4 is 22.4 Å². The van der Waals surface area contributed by atoms with Crippen LogP contribution in [0.15, 0.2) is 54.7 Å². The minimum absolute atomic E-state index is 0.123. The molecule has 0 fully saturated rings. The summed E-state index contributed by atoms with van der Waals surface area (Å²) in [5, 5.41) is 3.51. The highest BCUT2D eigenvalue weighted by Crippen LogP contribution is 2.23. The molecular formula is C21H22N2OS. The predicted octanol–water partition coefficient (Wildman–Crippen LogP) is 5.42. The number of hydrogen-bond acceptors (Lipinski definition) is 3. The lowest BCUT2D eigenvalue weighted by Crippen LogP contribution is -2.11. The molecule has 0 radical (unpaired) electrons. The molecule has 0 saturated heterocycles. The summed E-state index contributed by atoms with van der Waals surface area (Å²) < 4.78 is 0. The Morgan fingerprint density at radius 2 is 1.76 bits per heavy atom. The van der Waals surface area contributed by atoms with Gasteiger partial charge in [0.05, 0.1) is 0 Å². The summed E-state index contributed by atoms with van der Waals surface area (Å²) in [4.78, 5) is 17.7. The molecule has 3 aromatic rings. The number of aromatic nitrogens is 1. The van der Waals surface area contributed by atoms with Crippen molar-refractivity contribution in [2.75, 3.05) is 5.32 Å². The summed E-state index contributed by atoms with van der Waals surface area (Å²) >= 11 is 1.52. The van der Waals surface area contributed by atoms with Crippen molar-refractivity contribution in [3.05, 3.63) is 81.9 Å². The van der Waals surface area contributed by atoms with Crippen LogP contribution in [0, 0.1) is 6.92 Å². The molecular weight excluding hydrogens is 328 g/mol. The number of thiazole rings is 1. The largest absolute Gasteiger partial charge is 0.298 e. The minimum atomic E-state index is -0.123. The van der Waals surface area contributed by atoms with E-state index in [1.54, 1.807) is 0 Å². The van der Waals surface area contributed by atoms with Crippen LogP contribution in [0.4, 0.5) is 5.13 Å². The predicted molar refractivity (Wildman–Crippen MR) is 105 cm³/mol. The zero-order chi connectivity index (χ0) is 17.8. The van der Waals surface area contributed by atoms with E-state index in [0.29, 0.717) is 16.6 Å². The number of nitrogens with one attached hydrogen (secondary N) is 1. The number of benzene rings is 2. The highest BCUT2D eigenvalue weighted by atomic mass is 32.1. The SMILES string of the molecule is Cc1ccc(C(=O)Nc2ncc(Cc3ccc(C(C)C)cc3)s2)cc1. The van der Waals surface area contributed by atoms with Crippen molar-refractivity contribution in [2.24, 2.45) is 0 Å². The van der Waals surface area contributed by atoms with Gasteiger partial charge in [0.15, 0.2) is 5.13 Å². The highest BCUT2D eigenvalue weighted by molar-refractivity contribution is 7.15. The number of carbonyl (C=O) groups excluding carboxylic acids is 1. The first kappa shape index (κ1) is 17.4. The van der Waals surface area contributed by atoms with Gasteiger partial charge >= 0.3 is 0 Å². The average molecular weight is 350 g/mol. The van der Waals surface area contributed by atoms with Crippen molar-refractivity contribution in [3.63, 3.8) is 0 Å². The van der Waals surface area contributed by atoms with Crippen LogP contribution < -0.4 is 5.32 Å². The van der Waals surface area contributed by atoms with Gasteiger partial charge in [0.2, 0.25) is 0 Å². The third-order valence-electron chi connectivity index (χ3n) is 4.11. The van der Waals surface area contributed by atoms with Gasteiger partial charge in [-0.1, -0.05) is 55.8 Å². The maximum absolute atomic E-state index is 12.2. The lowest BCUT2D eigenvalue weighted by molar-refractivity contribution is 0.102. The van der Waals surface area contributed by atoms with Gasteiger partial charge in [-0.25, -0.2) is 4.98 Å². The Balaban J connectivity index is 1.64. The molecule has 0 aliphatic rings. The molecule has 1 heterocycles. The number of amides is 1. The molecule has 0 bridgehead atoms. The highest BCUT2D eigenvalue weighted by Gasteiger charge is 2.09. The Morgan fingerprint density at radius 1 is 1.08 bits per heavy atom. The fourth-order valence-corrected chi connectivity index (χ4v) is 3.38. The summed E-state index contributed by atoms with van der Waals surface area (Å²) in [6.07, 6.45) is 2.67. The van der Waals surface area contributed by atoms with Crippen molar-refractivity contribution in [3.8, 4) is 0 Å². The van der Waals surface area contributed by atoms with Gasteiger partial charge in [0.25, 0.3) is 5.91 Å². The van der Waals surface area contributed by atoms with Crippen LogP contribution in [0.1, 0.15) is 51.7 Å². The van der Waals surface area contributed by atoms with Gasteiger partial charge in [0.1, 0.15) is 0 Å². The first-order valence-electron chi connectivity index (χ1n) is 8.43. The van der Waals surface area contributed by atoms with E-state index in [4.69, 9.17) is 0 Å². The van der Waals surface area contributed by atoms with Gasteiger partial charge < -0.3 is 0 Å². The van der Waals surface area contributed by atoms with E-state index in [1.807, 2.05) is 37.4 Å². The molecule has 0 atom stereocenters. The molecule has 25 heavy (non-hydrogen) atoms. The molecule has 1 N–H and O–H groups in total. The lowest BCUT2D eigenvalue weighted by Gasteiger charge is -2.06. The van der Waals surface area contributed by atoms with Crippen LogP contribution in [0.2, 0.25) is 0 Å². The summed E-state index contributed by atoms with van der Waals surface area (Å²) in [5.41, 5.74) is 4.38. The average Bonchev–Trinajstić information content (AvgIpc) is 3.02. The second-order valence-electron chi connectivity index (χ2n) is 6.52. The van der Waals surface area contributed by atoms with Crippen LogP contribution >= 0.6 is 11.3 Å². The van der Waals surface area contributed by atoms with Gasteiger partial charge in [-0.05, 0) is 36.1 Å². The molecule has 2 aromatic carbocycles. The van der Waals surface area contributed by atoms with Crippen LogP contribution in [-0.2, 0) is 6.42 Å². The topological polar surface area (TPSA) is 42.0 Å². The number of aryl methyl sites for hydroxylation is 1. The minimum Gasteiger partial charge on any atom is -0.298 e. The quantitative estimate of drug-likeness (QED) is 0.668. The molecule has 0 saturated carbocycles. The van der Waals surface area contributed by atoms with Crippen LogP contribution in [0.3, 0.4) is 0 Å². The molecule has 4 heteroatoms. The van der Waals surface area contributed by atoms with Gasteiger partial charge in [-0.2, -0.15) is 0 Å². The molecule has 1 amide bonds. The fourth-order valence-electron chi connectivity index (χ4n) is 2.54. The fraction of sp³-hybridized carbons (Fsp3) is 0.238. The number of anilines is 1. The normalized spacial score (nSPS) is 10.9. The molecule has 0 aliphatic carbocycles. The zero-order valence-electron chi connectivity index (χ0n) is 14.7. The van der Waals surface area contributed by atoms with Crippen molar-refractivity contribution < 1.29 is 4.79 Å². The van der Waals surface area contributed by atoms with Crippen LogP contribution in [0.5, 0.6) is 0 Å². The summed E-state index contributed by atoms with van der Waals surface area (Å²) in [7, 11) is 0.